The predicted octanol–water partition coefficient (Wildman–Crippen LogP) is 3.22. The molecular formula is C13H13BrFN3O2S. The third-order valence-electron chi connectivity index (χ3n) is 2.57. The van der Waals surface area contributed by atoms with Crippen molar-refractivity contribution in [2.75, 3.05) is 16.6 Å². The highest BCUT2D eigenvalue weighted by Gasteiger charge is 2.15. The van der Waals surface area contributed by atoms with E-state index < -0.39 is 15.8 Å². The van der Waals surface area contributed by atoms with E-state index in [4.69, 9.17) is 0 Å². The Hall–Kier alpha value is -1.67. The molecule has 0 radical (unpaired) electrons. The van der Waals surface area contributed by atoms with Crippen LogP contribution < -0.4 is 10.0 Å². The summed E-state index contributed by atoms with van der Waals surface area (Å²) >= 11 is 3.01. The van der Waals surface area contributed by atoms with Gasteiger partial charge in [-0.1, -0.05) is 0 Å². The van der Waals surface area contributed by atoms with Gasteiger partial charge in [-0.2, -0.15) is 0 Å². The molecule has 0 aliphatic carbocycles. The molecule has 0 saturated carbocycles. The molecule has 0 amide bonds. The molecule has 1 aromatic heterocycles. The number of aromatic nitrogens is 1. The first kappa shape index (κ1) is 15.7. The Morgan fingerprint density at radius 3 is 2.71 bits per heavy atom. The second-order valence-corrected chi connectivity index (χ2v) is 6.68. The van der Waals surface area contributed by atoms with Crippen LogP contribution in [-0.2, 0) is 10.0 Å². The first-order chi connectivity index (χ1) is 9.92. The number of hydrogen-bond donors (Lipinski definition) is 2. The number of pyridine rings is 1. The van der Waals surface area contributed by atoms with Crippen LogP contribution in [0.15, 0.2) is 45.9 Å². The molecule has 0 saturated heterocycles. The minimum absolute atomic E-state index is 0.0777. The van der Waals surface area contributed by atoms with Crippen LogP contribution in [-0.4, -0.2) is 19.9 Å². The van der Waals surface area contributed by atoms with Gasteiger partial charge in [-0.05, 0) is 47.1 Å². The van der Waals surface area contributed by atoms with Crippen molar-refractivity contribution in [3.05, 3.63) is 46.8 Å². The molecule has 112 valence electrons. The third-order valence-corrected chi connectivity index (χ3v) is 4.56. The van der Waals surface area contributed by atoms with E-state index in [-0.39, 0.29) is 15.1 Å². The summed E-state index contributed by atoms with van der Waals surface area (Å²) in [5.41, 5.74) is 0.269. The fourth-order valence-corrected chi connectivity index (χ4v) is 3.07. The van der Waals surface area contributed by atoms with Crippen LogP contribution in [0, 0.1) is 5.82 Å². The smallest absolute Gasteiger partial charge is 0.262 e. The molecule has 1 aromatic carbocycles. The SMILES string of the molecule is CCNc1cc(S(=O)(=O)Nc2ccc(F)c(Br)c2)ccn1. The van der Waals surface area contributed by atoms with Gasteiger partial charge in [0.05, 0.1) is 15.1 Å². The summed E-state index contributed by atoms with van der Waals surface area (Å²) in [5, 5.41) is 2.94. The van der Waals surface area contributed by atoms with E-state index >= 15 is 0 Å². The topological polar surface area (TPSA) is 71.1 Å². The van der Waals surface area contributed by atoms with Crippen LogP contribution in [0.25, 0.3) is 0 Å². The van der Waals surface area contributed by atoms with Crippen molar-refractivity contribution in [2.45, 2.75) is 11.8 Å². The lowest BCUT2D eigenvalue weighted by molar-refractivity contribution is 0.600. The van der Waals surface area contributed by atoms with E-state index in [1.54, 1.807) is 0 Å². The highest BCUT2D eigenvalue weighted by atomic mass is 79.9. The molecule has 1 heterocycles. The van der Waals surface area contributed by atoms with Crippen molar-refractivity contribution >= 4 is 37.5 Å². The van der Waals surface area contributed by atoms with E-state index in [0.717, 1.165) is 0 Å². The molecule has 0 aliphatic heterocycles. The molecule has 0 atom stereocenters. The van der Waals surface area contributed by atoms with Gasteiger partial charge in [0.2, 0.25) is 0 Å². The molecule has 8 heteroatoms. The highest BCUT2D eigenvalue weighted by molar-refractivity contribution is 9.10. The first-order valence-corrected chi connectivity index (χ1v) is 8.38. The minimum atomic E-state index is -3.76. The zero-order valence-corrected chi connectivity index (χ0v) is 13.5. The lowest BCUT2D eigenvalue weighted by Gasteiger charge is -2.10. The molecule has 2 aromatic rings. The van der Waals surface area contributed by atoms with Gasteiger partial charge in [0.15, 0.2) is 0 Å². The summed E-state index contributed by atoms with van der Waals surface area (Å²) in [4.78, 5) is 4.09. The van der Waals surface area contributed by atoms with Gasteiger partial charge in [-0.25, -0.2) is 17.8 Å². The molecule has 0 aliphatic rings. The molecule has 2 N–H and O–H groups in total. The van der Waals surface area contributed by atoms with Crippen LogP contribution in [0.2, 0.25) is 0 Å². The molecule has 0 bridgehead atoms. The summed E-state index contributed by atoms with van der Waals surface area (Å²) in [7, 11) is -3.76. The van der Waals surface area contributed by atoms with Crippen molar-refractivity contribution in [1.29, 1.82) is 0 Å². The largest absolute Gasteiger partial charge is 0.370 e. The zero-order chi connectivity index (χ0) is 15.5. The lowest BCUT2D eigenvalue weighted by atomic mass is 10.3. The molecule has 2 rings (SSSR count). The van der Waals surface area contributed by atoms with Crippen LogP contribution in [0.4, 0.5) is 15.9 Å². The highest BCUT2D eigenvalue weighted by Crippen LogP contribution is 2.23. The van der Waals surface area contributed by atoms with Gasteiger partial charge in [0.25, 0.3) is 10.0 Å². The van der Waals surface area contributed by atoms with E-state index in [0.29, 0.717) is 12.4 Å². The Morgan fingerprint density at radius 2 is 2.05 bits per heavy atom. The van der Waals surface area contributed by atoms with Crippen LogP contribution in [0.3, 0.4) is 0 Å². The summed E-state index contributed by atoms with van der Waals surface area (Å²) in [6.07, 6.45) is 1.41. The number of rotatable bonds is 5. The number of sulfonamides is 1. The Bertz CT molecular complexity index is 753. The van der Waals surface area contributed by atoms with Crippen LogP contribution in [0.1, 0.15) is 6.92 Å². The van der Waals surface area contributed by atoms with Crippen LogP contribution in [0.5, 0.6) is 0 Å². The van der Waals surface area contributed by atoms with Crippen molar-refractivity contribution in [3.8, 4) is 0 Å². The molecule has 5 nitrogen and oxygen atoms in total. The molecule has 0 fully saturated rings. The normalized spacial score (nSPS) is 11.2. The maximum Gasteiger partial charge on any atom is 0.262 e. The minimum Gasteiger partial charge on any atom is -0.370 e. The Kier molecular flexibility index (Phi) is 4.79. The second kappa shape index (κ2) is 6.40. The first-order valence-electron chi connectivity index (χ1n) is 6.10. The second-order valence-electron chi connectivity index (χ2n) is 4.14. The summed E-state index contributed by atoms with van der Waals surface area (Å²) in [5.74, 6) is 0.0111. The number of halogens is 2. The Labute approximate surface area is 130 Å². The number of nitrogens with zero attached hydrogens (tertiary/aromatic N) is 1. The Morgan fingerprint density at radius 1 is 1.29 bits per heavy atom. The number of anilines is 2. The number of benzene rings is 1. The zero-order valence-electron chi connectivity index (χ0n) is 11.1. The summed E-state index contributed by atoms with van der Waals surface area (Å²) in [6, 6.07) is 6.72. The van der Waals surface area contributed by atoms with Crippen molar-refractivity contribution in [2.24, 2.45) is 0 Å². The monoisotopic (exact) mass is 373 g/mol. The summed E-state index contributed by atoms with van der Waals surface area (Å²) < 4.78 is 40.3. The van der Waals surface area contributed by atoms with E-state index in [1.165, 1.54) is 36.5 Å². The van der Waals surface area contributed by atoms with Gasteiger partial charge in [0, 0.05) is 18.8 Å². The molecule has 0 unspecified atom stereocenters. The quantitative estimate of drug-likeness (QED) is 0.843. The maximum atomic E-state index is 13.2. The fraction of sp³-hybridized carbons (Fsp3) is 0.154. The van der Waals surface area contributed by atoms with Gasteiger partial charge in [0.1, 0.15) is 11.6 Å². The van der Waals surface area contributed by atoms with E-state index in [9.17, 15) is 12.8 Å². The Balaban J connectivity index is 2.29. The van der Waals surface area contributed by atoms with E-state index in [1.807, 2.05) is 6.92 Å². The average Bonchev–Trinajstić information content (AvgIpc) is 2.43. The molecule has 0 spiro atoms. The predicted molar refractivity (Wildman–Crippen MR) is 83.3 cm³/mol. The van der Waals surface area contributed by atoms with Gasteiger partial charge < -0.3 is 5.32 Å². The fourth-order valence-electron chi connectivity index (χ4n) is 1.63. The third kappa shape index (κ3) is 3.92. The average molecular weight is 374 g/mol. The van der Waals surface area contributed by atoms with Crippen molar-refractivity contribution in [3.63, 3.8) is 0 Å². The van der Waals surface area contributed by atoms with Crippen molar-refractivity contribution < 1.29 is 12.8 Å². The number of hydrogen-bond acceptors (Lipinski definition) is 4. The summed E-state index contributed by atoms with van der Waals surface area (Å²) in [6.45, 7) is 2.52. The molecule has 21 heavy (non-hydrogen) atoms. The lowest BCUT2D eigenvalue weighted by Crippen LogP contribution is -2.13. The molecular weight excluding hydrogens is 361 g/mol. The van der Waals surface area contributed by atoms with Crippen molar-refractivity contribution in [1.82, 2.24) is 4.98 Å². The maximum absolute atomic E-state index is 13.2. The van der Waals surface area contributed by atoms with Gasteiger partial charge in [-0.3, -0.25) is 4.72 Å². The van der Waals surface area contributed by atoms with Gasteiger partial charge >= 0.3 is 0 Å². The van der Waals surface area contributed by atoms with Crippen LogP contribution >= 0.6 is 15.9 Å². The number of nitrogens with one attached hydrogen (secondary N) is 2. The van der Waals surface area contributed by atoms with E-state index in [2.05, 4.69) is 31.0 Å². The van der Waals surface area contributed by atoms with Gasteiger partial charge in [-0.15, -0.1) is 0 Å². The standard InChI is InChI=1S/C13H13BrFN3O2S/c1-2-16-13-8-10(5-6-17-13)21(19,20)18-9-3-4-12(15)11(14)7-9/h3-8,18H,2H2,1H3,(H,16,17).